The van der Waals surface area contributed by atoms with Crippen molar-refractivity contribution in [1.29, 1.82) is 0 Å². The zero-order valence-electron chi connectivity index (χ0n) is 9.43. The third-order valence-electron chi connectivity index (χ3n) is 2.34. The van der Waals surface area contributed by atoms with Crippen molar-refractivity contribution >= 4 is 0 Å². The van der Waals surface area contributed by atoms with Crippen LogP contribution in [0.15, 0.2) is 0 Å². The lowest BCUT2D eigenvalue weighted by molar-refractivity contribution is 0.0162. The molecule has 0 radical (unpaired) electrons. The van der Waals surface area contributed by atoms with Crippen LogP contribution in [0.5, 0.6) is 0 Å². The van der Waals surface area contributed by atoms with E-state index in [9.17, 15) is 0 Å². The van der Waals surface area contributed by atoms with E-state index in [0.717, 1.165) is 11.8 Å². The van der Waals surface area contributed by atoms with E-state index in [1.807, 2.05) is 27.7 Å². The molecule has 0 aromatic rings. The standard InChI is InChI=1S/C7H13N.2C2H6/c1-6-2-7-4-8(3-6)5-7;2*1-2/h6-7H,2-5H2,1H3;2*1-2H3. The minimum Gasteiger partial charge on any atom is -0.302 e. The van der Waals surface area contributed by atoms with Crippen LogP contribution in [-0.4, -0.2) is 24.5 Å². The van der Waals surface area contributed by atoms with Gasteiger partial charge in [-0.15, -0.1) is 0 Å². The van der Waals surface area contributed by atoms with Crippen LogP contribution >= 0.6 is 0 Å². The molecule has 3 fully saturated rings. The normalized spacial score (nSPS) is 36.2. The Kier molecular flexibility index (Phi) is 6.45. The molecule has 0 saturated carbocycles. The molecular formula is C11H25N. The van der Waals surface area contributed by atoms with Gasteiger partial charge in [0.1, 0.15) is 0 Å². The molecule has 1 nitrogen and oxygen atoms in total. The highest BCUT2D eigenvalue weighted by molar-refractivity contribution is 4.87. The maximum absolute atomic E-state index is 2.55. The molecular weight excluding hydrogens is 146 g/mol. The summed E-state index contributed by atoms with van der Waals surface area (Å²) in [6.07, 6.45) is 1.50. The van der Waals surface area contributed by atoms with Crippen LogP contribution < -0.4 is 0 Å². The van der Waals surface area contributed by atoms with Crippen molar-refractivity contribution < 1.29 is 0 Å². The van der Waals surface area contributed by atoms with Gasteiger partial charge < -0.3 is 4.90 Å². The van der Waals surface area contributed by atoms with Crippen molar-refractivity contribution in [1.82, 2.24) is 4.90 Å². The van der Waals surface area contributed by atoms with E-state index in [4.69, 9.17) is 0 Å². The Morgan fingerprint density at radius 3 is 1.58 bits per heavy atom. The molecule has 12 heavy (non-hydrogen) atoms. The second-order valence-corrected chi connectivity index (χ2v) is 3.43. The largest absolute Gasteiger partial charge is 0.302 e. The maximum atomic E-state index is 2.55. The summed E-state index contributed by atoms with van der Waals surface area (Å²) >= 11 is 0. The molecule has 3 aliphatic heterocycles. The SMILES string of the molecule is CC.CC.CC1CC2CN(C1)C2. The molecule has 3 saturated heterocycles. The fourth-order valence-corrected chi connectivity index (χ4v) is 2.06. The molecule has 1 atom stereocenters. The maximum Gasteiger partial charge on any atom is 0.00222 e. The van der Waals surface area contributed by atoms with Gasteiger partial charge in [0.15, 0.2) is 0 Å². The van der Waals surface area contributed by atoms with E-state index in [0.29, 0.717) is 0 Å². The number of rotatable bonds is 0. The van der Waals surface area contributed by atoms with E-state index >= 15 is 0 Å². The lowest BCUT2D eigenvalue weighted by atomic mass is 9.83. The quantitative estimate of drug-likeness (QED) is 0.541. The summed E-state index contributed by atoms with van der Waals surface area (Å²) < 4.78 is 0. The highest BCUT2D eigenvalue weighted by Gasteiger charge is 2.33. The van der Waals surface area contributed by atoms with Crippen LogP contribution in [0.3, 0.4) is 0 Å². The Balaban J connectivity index is 0.000000269. The van der Waals surface area contributed by atoms with Crippen molar-refractivity contribution in [3.8, 4) is 0 Å². The monoisotopic (exact) mass is 171 g/mol. The Morgan fingerprint density at radius 2 is 1.42 bits per heavy atom. The highest BCUT2D eigenvalue weighted by atomic mass is 15.2. The molecule has 3 rings (SSSR count). The lowest BCUT2D eigenvalue weighted by Gasteiger charge is -2.47. The molecule has 3 heterocycles. The second kappa shape index (κ2) is 6.47. The minimum atomic E-state index is 0.988. The van der Waals surface area contributed by atoms with Crippen LogP contribution in [0.1, 0.15) is 41.0 Å². The van der Waals surface area contributed by atoms with Crippen molar-refractivity contribution in [3.05, 3.63) is 0 Å². The molecule has 0 spiro atoms. The summed E-state index contributed by atoms with van der Waals surface area (Å²) in [6, 6.07) is 0. The number of hydrogen-bond acceptors (Lipinski definition) is 1. The first-order chi connectivity index (χ1) is 5.84. The third kappa shape index (κ3) is 3.14. The van der Waals surface area contributed by atoms with Gasteiger partial charge in [-0.25, -0.2) is 0 Å². The van der Waals surface area contributed by atoms with Gasteiger partial charge in [0.25, 0.3) is 0 Å². The fraction of sp³-hybridized carbons (Fsp3) is 1.00. The van der Waals surface area contributed by atoms with Gasteiger partial charge in [0.2, 0.25) is 0 Å². The van der Waals surface area contributed by atoms with Crippen molar-refractivity contribution in [2.45, 2.75) is 41.0 Å². The summed E-state index contributed by atoms with van der Waals surface area (Å²) in [6.45, 7) is 14.5. The molecule has 0 amide bonds. The number of fused-ring (bicyclic) bond motifs is 2. The van der Waals surface area contributed by atoms with Gasteiger partial charge in [0, 0.05) is 19.6 Å². The van der Waals surface area contributed by atoms with E-state index < -0.39 is 0 Å². The van der Waals surface area contributed by atoms with E-state index in [2.05, 4.69) is 11.8 Å². The van der Waals surface area contributed by atoms with E-state index in [-0.39, 0.29) is 0 Å². The second-order valence-electron chi connectivity index (χ2n) is 3.43. The Labute approximate surface area is 78.1 Å². The van der Waals surface area contributed by atoms with Crippen LogP contribution in [-0.2, 0) is 0 Å². The summed E-state index contributed by atoms with van der Waals surface area (Å²) in [5.41, 5.74) is 0. The molecule has 0 N–H and O–H groups in total. The average molecular weight is 171 g/mol. The van der Waals surface area contributed by atoms with E-state index in [1.165, 1.54) is 26.1 Å². The lowest BCUT2D eigenvalue weighted by Crippen LogP contribution is -2.53. The summed E-state index contributed by atoms with van der Waals surface area (Å²) in [5, 5.41) is 0. The smallest absolute Gasteiger partial charge is 0.00222 e. The first-order valence-electron chi connectivity index (χ1n) is 5.57. The Morgan fingerprint density at radius 1 is 0.917 bits per heavy atom. The van der Waals surface area contributed by atoms with Gasteiger partial charge in [-0.05, 0) is 18.3 Å². The summed E-state index contributed by atoms with van der Waals surface area (Å²) in [7, 11) is 0. The Hall–Kier alpha value is -0.0400. The molecule has 0 aliphatic carbocycles. The molecule has 74 valence electrons. The van der Waals surface area contributed by atoms with Crippen LogP contribution in [0.4, 0.5) is 0 Å². The van der Waals surface area contributed by atoms with Gasteiger partial charge in [-0.3, -0.25) is 0 Å². The topological polar surface area (TPSA) is 3.24 Å². The molecule has 2 bridgehead atoms. The molecule has 1 heteroatoms. The zero-order chi connectivity index (χ0) is 9.56. The average Bonchev–Trinajstić information content (AvgIpc) is 2.10. The van der Waals surface area contributed by atoms with E-state index in [1.54, 1.807) is 0 Å². The van der Waals surface area contributed by atoms with Gasteiger partial charge in [-0.2, -0.15) is 0 Å². The van der Waals surface area contributed by atoms with Crippen LogP contribution in [0.25, 0.3) is 0 Å². The van der Waals surface area contributed by atoms with Gasteiger partial charge in [-0.1, -0.05) is 34.6 Å². The Bertz CT molecular complexity index is 85.2. The van der Waals surface area contributed by atoms with Crippen molar-refractivity contribution in [2.75, 3.05) is 19.6 Å². The molecule has 0 aromatic heterocycles. The fourth-order valence-electron chi connectivity index (χ4n) is 2.06. The predicted octanol–water partition coefficient (Wildman–Crippen LogP) is 3.01. The first-order valence-corrected chi connectivity index (χ1v) is 5.57. The van der Waals surface area contributed by atoms with Crippen molar-refractivity contribution in [2.24, 2.45) is 11.8 Å². The molecule has 3 aliphatic rings. The summed E-state index contributed by atoms with van der Waals surface area (Å²) in [4.78, 5) is 2.55. The molecule has 1 unspecified atom stereocenters. The van der Waals surface area contributed by atoms with Gasteiger partial charge in [0.05, 0.1) is 0 Å². The predicted molar refractivity (Wildman–Crippen MR) is 56.4 cm³/mol. The number of hydrogen-bond donors (Lipinski definition) is 0. The number of nitrogens with zero attached hydrogens (tertiary/aromatic N) is 1. The number of piperidine rings is 2. The van der Waals surface area contributed by atoms with Gasteiger partial charge >= 0.3 is 0 Å². The first kappa shape index (κ1) is 12.0. The molecule has 0 aromatic carbocycles. The van der Waals surface area contributed by atoms with Crippen LogP contribution in [0.2, 0.25) is 0 Å². The minimum absolute atomic E-state index is 0.988. The highest BCUT2D eigenvalue weighted by Crippen LogP contribution is 2.30. The summed E-state index contributed by atoms with van der Waals surface area (Å²) in [5.74, 6) is 2.07. The zero-order valence-corrected chi connectivity index (χ0v) is 9.43. The van der Waals surface area contributed by atoms with Crippen LogP contribution in [0, 0.1) is 11.8 Å². The van der Waals surface area contributed by atoms with Crippen molar-refractivity contribution in [3.63, 3.8) is 0 Å². The third-order valence-corrected chi connectivity index (χ3v) is 2.34.